The van der Waals surface area contributed by atoms with Crippen molar-refractivity contribution in [1.82, 2.24) is 9.55 Å². The molecule has 0 bridgehead atoms. The number of halogens is 1. The highest BCUT2D eigenvalue weighted by molar-refractivity contribution is 5.79. The van der Waals surface area contributed by atoms with E-state index in [0.717, 1.165) is 38.9 Å². The molecule has 0 N–H and O–H groups in total. The van der Waals surface area contributed by atoms with E-state index in [1.807, 2.05) is 56.3 Å². The number of nitrogens with zero attached hydrogens (tertiary/aromatic N) is 2. The number of hydrogen-bond acceptors (Lipinski definition) is 6. The van der Waals surface area contributed by atoms with Crippen LogP contribution >= 0.6 is 0 Å². The second kappa shape index (κ2) is 10.5. The van der Waals surface area contributed by atoms with Crippen LogP contribution in [-0.2, 0) is 23.0 Å². The quantitative estimate of drug-likeness (QED) is 0.273. The van der Waals surface area contributed by atoms with Crippen LogP contribution < -0.4 is 15.2 Å². The first-order valence-electron chi connectivity index (χ1n) is 13.7. The summed E-state index contributed by atoms with van der Waals surface area (Å²) in [5, 5.41) is 0. The van der Waals surface area contributed by atoms with Crippen molar-refractivity contribution in [2.75, 3.05) is 13.7 Å². The predicted octanol–water partition coefficient (Wildman–Crippen LogP) is 5.98. The van der Waals surface area contributed by atoms with Crippen LogP contribution in [0.25, 0.3) is 22.4 Å². The average Bonchev–Trinajstić information content (AvgIpc) is 3.55. The summed E-state index contributed by atoms with van der Waals surface area (Å²) in [6, 6.07) is 14.9. The highest BCUT2D eigenvalue weighted by Crippen LogP contribution is 2.45. The maximum atomic E-state index is 15.3. The van der Waals surface area contributed by atoms with Crippen molar-refractivity contribution in [3.63, 3.8) is 0 Å². The summed E-state index contributed by atoms with van der Waals surface area (Å²) in [7, 11) is 3.05. The molecular weight excluding hydrogens is 523 g/mol. The predicted molar refractivity (Wildman–Crippen MR) is 153 cm³/mol. The van der Waals surface area contributed by atoms with Gasteiger partial charge in [-0.25, -0.2) is 9.18 Å². The van der Waals surface area contributed by atoms with Crippen molar-refractivity contribution in [2.45, 2.75) is 45.1 Å². The Labute approximate surface area is 237 Å². The summed E-state index contributed by atoms with van der Waals surface area (Å²) >= 11 is 0. The van der Waals surface area contributed by atoms with Crippen LogP contribution in [0.15, 0.2) is 59.5 Å². The van der Waals surface area contributed by atoms with Crippen LogP contribution in [0.5, 0.6) is 11.5 Å². The Hall–Kier alpha value is -4.46. The summed E-state index contributed by atoms with van der Waals surface area (Å²) in [4.78, 5) is 28.0. The van der Waals surface area contributed by atoms with Gasteiger partial charge in [-0.05, 0) is 84.8 Å². The molecule has 7 nitrogen and oxygen atoms in total. The standard InChI is InChI=1S/C33H31FN2O5/c1-18-13-20(27-11-12-36(3)33(38)35-27)14-19(2)31(18)24-7-9-26(34)32-25(24)8-10-28(32)41-22-5-6-23-21(15-30(37)39-4)17-40-29(23)16-22/h5-7,9,11-14,16,21,28H,8,10,15,17H2,1-4H3/t21?,28-/m1/s1. The van der Waals surface area contributed by atoms with Crippen LogP contribution in [0.3, 0.4) is 0 Å². The third-order valence-electron chi connectivity index (χ3n) is 8.14. The molecule has 0 spiro atoms. The van der Waals surface area contributed by atoms with Gasteiger partial charge in [0.1, 0.15) is 23.4 Å². The summed E-state index contributed by atoms with van der Waals surface area (Å²) in [5.74, 6) is 0.671. The molecular formula is C33H31FN2O5. The molecule has 1 aromatic heterocycles. The van der Waals surface area contributed by atoms with Gasteiger partial charge in [-0.1, -0.05) is 12.1 Å². The van der Waals surface area contributed by atoms with E-state index < -0.39 is 6.10 Å². The first kappa shape index (κ1) is 26.7. The number of carbonyl (C=O) groups is 1. The molecule has 210 valence electrons. The highest BCUT2D eigenvalue weighted by atomic mass is 19.1. The minimum absolute atomic E-state index is 0.0559. The molecule has 1 aliphatic heterocycles. The maximum absolute atomic E-state index is 15.3. The van der Waals surface area contributed by atoms with Gasteiger partial charge in [-0.3, -0.25) is 4.79 Å². The van der Waals surface area contributed by atoms with Gasteiger partial charge in [0, 0.05) is 41.9 Å². The Morgan fingerprint density at radius 3 is 2.63 bits per heavy atom. The second-order valence-corrected chi connectivity index (χ2v) is 10.8. The lowest BCUT2D eigenvalue weighted by Gasteiger charge is -2.19. The van der Waals surface area contributed by atoms with Gasteiger partial charge in [0.25, 0.3) is 0 Å². The number of carbonyl (C=O) groups excluding carboxylic acids is 1. The number of esters is 1. The number of fused-ring (bicyclic) bond motifs is 2. The largest absolute Gasteiger partial charge is 0.492 e. The summed E-state index contributed by atoms with van der Waals surface area (Å²) in [6.07, 6.45) is 2.88. The molecule has 1 unspecified atom stereocenters. The molecule has 2 aliphatic rings. The van der Waals surface area contributed by atoms with Gasteiger partial charge in [-0.15, -0.1) is 0 Å². The van der Waals surface area contributed by atoms with Crippen molar-refractivity contribution >= 4 is 5.97 Å². The van der Waals surface area contributed by atoms with Gasteiger partial charge in [-0.2, -0.15) is 4.98 Å². The van der Waals surface area contributed by atoms with Gasteiger partial charge in [0.2, 0.25) is 0 Å². The SMILES string of the molecule is COC(=O)CC1COc2cc(O[C@@H]3CCc4c(-c5c(C)cc(-c6ccn(C)c(=O)n6)cc5C)ccc(F)c43)ccc21. The monoisotopic (exact) mass is 554 g/mol. The molecule has 4 aromatic rings. The van der Waals surface area contributed by atoms with Crippen LogP contribution in [0.4, 0.5) is 4.39 Å². The third kappa shape index (κ3) is 4.88. The van der Waals surface area contributed by atoms with E-state index in [2.05, 4.69) is 4.98 Å². The minimum Gasteiger partial charge on any atom is -0.492 e. The second-order valence-electron chi connectivity index (χ2n) is 10.8. The van der Waals surface area contributed by atoms with Crippen LogP contribution in [0.2, 0.25) is 0 Å². The lowest BCUT2D eigenvalue weighted by atomic mass is 9.88. The van der Waals surface area contributed by atoms with Crippen molar-refractivity contribution in [1.29, 1.82) is 0 Å². The Balaban J connectivity index is 1.30. The molecule has 41 heavy (non-hydrogen) atoms. The lowest BCUT2D eigenvalue weighted by Crippen LogP contribution is -2.19. The number of methoxy groups -OCH3 is 1. The van der Waals surface area contributed by atoms with Gasteiger partial charge in [0.05, 0.1) is 25.8 Å². The van der Waals surface area contributed by atoms with E-state index in [-0.39, 0.29) is 29.8 Å². The first-order valence-corrected chi connectivity index (χ1v) is 13.7. The molecule has 3 aromatic carbocycles. The Bertz CT molecular complexity index is 1720. The van der Waals surface area contributed by atoms with Crippen molar-refractivity contribution in [2.24, 2.45) is 7.05 Å². The molecule has 0 fully saturated rings. The Morgan fingerprint density at radius 1 is 1.12 bits per heavy atom. The van der Waals surface area contributed by atoms with Crippen molar-refractivity contribution in [3.05, 3.63) is 98.8 Å². The van der Waals surface area contributed by atoms with Gasteiger partial charge in [0.15, 0.2) is 0 Å². The fourth-order valence-electron chi connectivity index (χ4n) is 6.14. The number of benzene rings is 3. The molecule has 2 atom stereocenters. The molecule has 2 heterocycles. The number of aromatic nitrogens is 2. The Kier molecular flexibility index (Phi) is 6.85. The summed E-state index contributed by atoms with van der Waals surface area (Å²) < 4.78 is 33.7. The van der Waals surface area contributed by atoms with Gasteiger partial charge >= 0.3 is 11.7 Å². The minimum atomic E-state index is -0.431. The summed E-state index contributed by atoms with van der Waals surface area (Å²) in [6.45, 7) is 4.47. The molecule has 0 radical (unpaired) electrons. The topological polar surface area (TPSA) is 79.7 Å². The molecule has 8 heteroatoms. The molecule has 0 saturated heterocycles. The van der Waals surface area contributed by atoms with E-state index in [1.54, 1.807) is 13.2 Å². The smallest absolute Gasteiger partial charge is 0.347 e. The van der Waals surface area contributed by atoms with Crippen molar-refractivity contribution < 1.29 is 23.4 Å². The number of aryl methyl sites for hydroxylation is 3. The van der Waals surface area contributed by atoms with E-state index in [4.69, 9.17) is 14.2 Å². The third-order valence-corrected chi connectivity index (χ3v) is 8.14. The van der Waals surface area contributed by atoms with Crippen LogP contribution in [0.1, 0.15) is 52.7 Å². The molecule has 6 rings (SSSR count). The number of rotatable bonds is 6. The zero-order valence-electron chi connectivity index (χ0n) is 23.5. The van der Waals surface area contributed by atoms with Crippen molar-refractivity contribution in [3.8, 4) is 33.9 Å². The van der Waals surface area contributed by atoms with Gasteiger partial charge < -0.3 is 18.8 Å². The molecule has 0 saturated carbocycles. The van der Waals surface area contributed by atoms with E-state index in [1.165, 1.54) is 17.7 Å². The zero-order chi connectivity index (χ0) is 28.8. The van der Waals surface area contributed by atoms with Crippen LogP contribution in [0, 0.1) is 19.7 Å². The maximum Gasteiger partial charge on any atom is 0.347 e. The lowest BCUT2D eigenvalue weighted by molar-refractivity contribution is -0.141. The normalized spacial score (nSPS) is 17.1. The summed E-state index contributed by atoms with van der Waals surface area (Å²) in [5.41, 5.74) is 7.78. The number of hydrogen-bond donors (Lipinski definition) is 0. The van der Waals surface area contributed by atoms with E-state index in [0.29, 0.717) is 42.2 Å². The fourth-order valence-corrected chi connectivity index (χ4v) is 6.14. The van der Waals surface area contributed by atoms with E-state index >= 15 is 4.39 Å². The zero-order valence-corrected chi connectivity index (χ0v) is 23.5. The average molecular weight is 555 g/mol. The molecule has 0 amide bonds. The fraction of sp³-hybridized carbons (Fsp3) is 0.303. The highest BCUT2D eigenvalue weighted by Gasteiger charge is 2.32. The Morgan fingerprint density at radius 2 is 1.90 bits per heavy atom. The number of ether oxygens (including phenoxy) is 3. The first-order chi connectivity index (χ1) is 19.7. The van der Waals surface area contributed by atoms with Crippen LogP contribution in [-0.4, -0.2) is 29.2 Å². The molecule has 1 aliphatic carbocycles. The van der Waals surface area contributed by atoms with E-state index in [9.17, 15) is 9.59 Å².